The summed E-state index contributed by atoms with van der Waals surface area (Å²) in [5.41, 5.74) is 0. The van der Waals surface area contributed by atoms with E-state index in [1.807, 2.05) is 12.1 Å². The summed E-state index contributed by atoms with van der Waals surface area (Å²) in [6, 6.07) is 5.01. The van der Waals surface area contributed by atoms with Crippen LogP contribution in [0, 0.1) is 5.92 Å². The lowest BCUT2D eigenvalue weighted by atomic mass is 9.85. The van der Waals surface area contributed by atoms with Gasteiger partial charge in [0, 0.05) is 6.04 Å². The average Bonchev–Trinajstić information content (AvgIpc) is 2.74. The molecule has 3 atom stereocenters. The lowest BCUT2D eigenvalue weighted by Gasteiger charge is -2.31. The maximum absolute atomic E-state index is 5.41. The van der Waals surface area contributed by atoms with Crippen molar-refractivity contribution in [3.63, 3.8) is 0 Å². The van der Waals surface area contributed by atoms with Crippen molar-refractivity contribution in [2.75, 3.05) is 0 Å². The van der Waals surface area contributed by atoms with Crippen LogP contribution in [0.5, 0.6) is 0 Å². The quantitative estimate of drug-likeness (QED) is 0.820. The molecular formula is C13H21NO. The minimum absolute atomic E-state index is 0.338. The van der Waals surface area contributed by atoms with E-state index in [-0.39, 0.29) is 0 Å². The van der Waals surface area contributed by atoms with E-state index < -0.39 is 0 Å². The van der Waals surface area contributed by atoms with Crippen LogP contribution in [-0.2, 0) is 0 Å². The molecule has 1 aromatic rings. The summed E-state index contributed by atoms with van der Waals surface area (Å²) < 4.78 is 5.41. The van der Waals surface area contributed by atoms with Gasteiger partial charge in [0.25, 0.3) is 0 Å². The second-order valence-corrected chi connectivity index (χ2v) is 4.77. The molecule has 0 bridgehead atoms. The SMILES string of the molecule is C[C@H](N[C@@H]1CCCC[C@H]1C)c1ccco1. The molecule has 0 radical (unpaired) electrons. The molecule has 84 valence electrons. The Balaban J connectivity index is 1.90. The zero-order chi connectivity index (χ0) is 10.7. The second-order valence-electron chi connectivity index (χ2n) is 4.77. The predicted molar refractivity (Wildman–Crippen MR) is 61.7 cm³/mol. The van der Waals surface area contributed by atoms with E-state index in [9.17, 15) is 0 Å². The molecular weight excluding hydrogens is 186 g/mol. The van der Waals surface area contributed by atoms with Crippen LogP contribution in [-0.4, -0.2) is 6.04 Å². The maximum Gasteiger partial charge on any atom is 0.120 e. The molecule has 1 fully saturated rings. The maximum atomic E-state index is 5.41. The topological polar surface area (TPSA) is 25.2 Å². The smallest absolute Gasteiger partial charge is 0.120 e. The molecule has 2 heteroatoms. The fraction of sp³-hybridized carbons (Fsp3) is 0.692. The number of nitrogens with one attached hydrogen (secondary N) is 1. The lowest BCUT2D eigenvalue weighted by molar-refractivity contribution is 0.253. The third kappa shape index (κ3) is 2.63. The fourth-order valence-electron chi connectivity index (χ4n) is 2.50. The standard InChI is InChI=1S/C13H21NO/c1-10-6-3-4-7-12(10)14-11(2)13-8-5-9-15-13/h5,8-12,14H,3-4,6-7H2,1-2H3/t10-,11+,12-/m1/s1. The monoisotopic (exact) mass is 207 g/mol. The van der Waals surface area contributed by atoms with Crippen LogP contribution in [0.2, 0.25) is 0 Å². The summed E-state index contributed by atoms with van der Waals surface area (Å²) in [6.45, 7) is 4.53. The first kappa shape index (κ1) is 10.7. The third-order valence-electron chi connectivity index (χ3n) is 3.55. The van der Waals surface area contributed by atoms with E-state index in [0.717, 1.165) is 11.7 Å². The molecule has 0 amide bonds. The van der Waals surface area contributed by atoms with E-state index in [4.69, 9.17) is 4.42 Å². The molecule has 1 saturated carbocycles. The van der Waals surface area contributed by atoms with Gasteiger partial charge in [-0.25, -0.2) is 0 Å². The van der Waals surface area contributed by atoms with Crippen molar-refractivity contribution < 1.29 is 4.42 Å². The molecule has 0 unspecified atom stereocenters. The molecule has 2 nitrogen and oxygen atoms in total. The van der Waals surface area contributed by atoms with Crippen LogP contribution in [0.1, 0.15) is 51.3 Å². The van der Waals surface area contributed by atoms with Crippen molar-refractivity contribution in [3.05, 3.63) is 24.2 Å². The molecule has 0 saturated heterocycles. The molecule has 0 aromatic carbocycles. The first-order chi connectivity index (χ1) is 7.27. The largest absolute Gasteiger partial charge is 0.468 e. The Bertz CT molecular complexity index is 281. The highest BCUT2D eigenvalue weighted by Crippen LogP contribution is 2.26. The zero-order valence-electron chi connectivity index (χ0n) is 9.70. The van der Waals surface area contributed by atoms with Gasteiger partial charge in [-0.1, -0.05) is 19.8 Å². The highest BCUT2D eigenvalue weighted by Gasteiger charge is 2.23. The van der Waals surface area contributed by atoms with E-state index in [2.05, 4.69) is 19.2 Å². The van der Waals surface area contributed by atoms with E-state index in [1.54, 1.807) is 6.26 Å². The van der Waals surface area contributed by atoms with Crippen molar-refractivity contribution in [1.82, 2.24) is 5.32 Å². The van der Waals surface area contributed by atoms with Gasteiger partial charge < -0.3 is 9.73 Å². The first-order valence-corrected chi connectivity index (χ1v) is 6.07. The van der Waals surface area contributed by atoms with Gasteiger partial charge in [-0.3, -0.25) is 0 Å². The first-order valence-electron chi connectivity index (χ1n) is 6.07. The van der Waals surface area contributed by atoms with E-state index in [1.165, 1.54) is 25.7 Å². The van der Waals surface area contributed by atoms with Gasteiger partial charge in [-0.2, -0.15) is 0 Å². The van der Waals surface area contributed by atoms with Crippen molar-refractivity contribution in [2.45, 2.75) is 51.6 Å². The Kier molecular flexibility index (Phi) is 3.47. The van der Waals surface area contributed by atoms with Gasteiger partial charge in [0.05, 0.1) is 12.3 Å². The van der Waals surface area contributed by atoms with Crippen LogP contribution in [0.15, 0.2) is 22.8 Å². The van der Waals surface area contributed by atoms with Gasteiger partial charge in [0.1, 0.15) is 5.76 Å². The lowest BCUT2D eigenvalue weighted by Crippen LogP contribution is -2.38. The van der Waals surface area contributed by atoms with Crippen molar-refractivity contribution >= 4 is 0 Å². The molecule has 2 rings (SSSR count). The number of hydrogen-bond acceptors (Lipinski definition) is 2. The molecule has 1 N–H and O–H groups in total. The summed E-state index contributed by atoms with van der Waals surface area (Å²) in [6.07, 6.45) is 7.19. The molecule has 0 aliphatic heterocycles. The van der Waals surface area contributed by atoms with Crippen LogP contribution >= 0.6 is 0 Å². The van der Waals surface area contributed by atoms with Gasteiger partial charge in [-0.15, -0.1) is 0 Å². The van der Waals surface area contributed by atoms with Gasteiger partial charge >= 0.3 is 0 Å². The molecule has 15 heavy (non-hydrogen) atoms. The van der Waals surface area contributed by atoms with E-state index in [0.29, 0.717) is 12.1 Å². The predicted octanol–water partition coefficient (Wildman–Crippen LogP) is 3.51. The number of rotatable bonds is 3. The minimum Gasteiger partial charge on any atom is -0.468 e. The Morgan fingerprint density at radius 2 is 2.20 bits per heavy atom. The molecule has 1 aromatic heterocycles. The zero-order valence-corrected chi connectivity index (χ0v) is 9.70. The van der Waals surface area contributed by atoms with Gasteiger partial charge in [0.2, 0.25) is 0 Å². The minimum atomic E-state index is 0.338. The van der Waals surface area contributed by atoms with Gasteiger partial charge in [0.15, 0.2) is 0 Å². The summed E-state index contributed by atoms with van der Waals surface area (Å²) in [5, 5.41) is 3.68. The van der Waals surface area contributed by atoms with Crippen LogP contribution < -0.4 is 5.32 Å². The van der Waals surface area contributed by atoms with Gasteiger partial charge in [-0.05, 0) is 37.8 Å². The molecule has 0 spiro atoms. The molecule has 1 heterocycles. The van der Waals surface area contributed by atoms with E-state index >= 15 is 0 Å². The van der Waals surface area contributed by atoms with Crippen LogP contribution in [0.3, 0.4) is 0 Å². The van der Waals surface area contributed by atoms with Crippen molar-refractivity contribution in [3.8, 4) is 0 Å². The summed E-state index contributed by atoms with van der Waals surface area (Å²) >= 11 is 0. The van der Waals surface area contributed by atoms with Crippen LogP contribution in [0.25, 0.3) is 0 Å². The second kappa shape index (κ2) is 4.84. The normalized spacial score (nSPS) is 28.9. The third-order valence-corrected chi connectivity index (χ3v) is 3.55. The molecule has 1 aliphatic rings. The Labute approximate surface area is 92.1 Å². The average molecular weight is 207 g/mol. The van der Waals surface area contributed by atoms with Crippen molar-refractivity contribution in [2.24, 2.45) is 5.92 Å². The molecule has 1 aliphatic carbocycles. The Morgan fingerprint density at radius 1 is 1.40 bits per heavy atom. The Morgan fingerprint density at radius 3 is 2.87 bits per heavy atom. The van der Waals surface area contributed by atoms with Crippen LogP contribution in [0.4, 0.5) is 0 Å². The number of hydrogen-bond donors (Lipinski definition) is 1. The summed E-state index contributed by atoms with van der Waals surface area (Å²) in [7, 11) is 0. The number of furan rings is 1. The fourth-order valence-corrected chi connectivity index (χ4v) is 2.50. The summed E-state index contributed by atoms with van der Waals surface area (Å²) in [4.78, 5) is 0. The van der Waals surface area contributed by atoms with Crippen molar-refractivity contribution in [1.29, 1.82) is 0 Å². The summed E-state index contributed by atoms with van der Waals surface area (Å²) in [5.74, 6) is 1.85. The highest BCUT2D eigenvalue weighted by atomic mass is 16.3. The highest BCUT2D eigenvalue weighted by molar-refractivity contribution is 5.03. The Hall–Kier alpha value is -0.760.